The van der Waals surface area contributed by atoms with Crippen LogP contribution < -0.4 is 11.3 Å². The lowest BCUT2D eigenvalue weighted by atomic mass is 10.1. The lowest BCUT2D eigenvalue weighted by molar-refractivity contribution is 0.0524. The van der Waals surface area contributed by atoms with E-state index in [-0.39, 0.29) is 38.1 Å². The zero-order valence-corrected chi connectivity index (χ0v) is 12.5. The summed E-state index contributed by atoms with van der Waals surface area (Å²) >= 11 is 17.8. The second-order valence-electron chi connectivity index (χ2n) is 3.88. The molecular formula is C12H9Cl3N2O3. The van der Waals surface area contributed by atoms with E-state index in [1.807, 2.05) is 0 Å². The molecule has 2 rings (SSSR count). The number of hydrogen-bond acceptors (Lipinski definition) is 4. The summed E-state index contributed by atoms with van der Waals surface area (Å²) in [6.07, 6.45) is 1.15. The number of esters is 1. The molecule has 0 saturated heterocycles. The second kappa shape index (κ2) is 5.52. The van der Waals surface area contributed by atoms with E-state index in [0.29, 0.717) is 0 Å². The van der Waals surface area contributed by atoms with Gasteiger partial charge in [0.2, 0.25) is 5.43 Å². The van der Waals surface area contributed by atoms with E-state index in [2.05, 4.69) is 0 Å². The fourth-order valence-corrected chi connectivity index (χ4v) is 2.47. The summed E-state index contributed by atoms with van der Waals surface area (Å²) in [5, 5.41) is 0.326. The number of halogens is 3. The molecule has 106 valence electrons. The molecule has 1 aromatic carbocycles. The lowest BCUT2D eigenvalue weighted by Crippen LogP contribution is -2.23. The molecule has 0 fully saturated rings. The predicted molar refractivity (Wildman–Crippen MR) is 79.3 cm³/mol. The molecule has 1 heterocycles. The summed E-state index contributed by atoms with van der Waals surface area (Å²) in [6.45, 7) is 1.77. The van der Waals surface area contributed by atoms with Crippen molar-refractivity contribution in [2.45, 2.75) is 6.92 Å². The summed E-state index contributed by atoms with van der Waals surface area (Å²) in [6, 6.07) is 1.32. The first-order chi connectivity index (χ1) is 9.38. The highest BCUT2D eigenvalue weighted by atomic mass is 35.5. The van der Waals surface area contributed by atoms with Gasteiger partial charge in [0.15, 0.2) is 0 Å². The molecule has 0 aliphatic heterocycles. The van der Waals surface area contributed by atoms with E-state index in [9.17, 15) is 9.59 Å². The first-order valence-corrected chi connectivity index (χ1v) is 6.67. The van der Waals surface area contributed by atoms with Crippen molar-refractivity contribution in [3.8, 4) is 0 Å². The standard InChI is InChI=1S/C12H9Cl3N2O3/c1-2-20-12(19)6-4-17(16)10-5(11(6)18)3-7(13)8(14)9(10)15/h3-4H,2,16H2,1H3. The maximum absolute atomic E-state index is 12.3. The van der Waals surface area contributed by atoms with Crippen LogP contribution in [0, 0.1) is 0 Å². The third-order valence-corrected chi connectivity index (χ3v) is 3.90. The Morgan fingerprint density at radius 2 is 2.00 bits per heavy atom. The number of nitrogens with zero attached hydrogens (tertiary/aromatic N) is 1. The third kappa shape index (κ3) is 2.32. The van der Waals surface area contributed by atoms with Gasteiger partial charge in [0.05, 0.1) is 32.6 Å². The zero-order valence-electron chi connectivity index (χ0n) is 10.2. The minimum Gasteiger partial charge on any atom is -0.462 e. The number of carbonyl (C=O) groups is 1. The van der Waals surface area contributed by atoms with Crippen molar-refractivity contribution in [1.29, 1.82) is 0 Å². The normalized spacial score (nSPS) is 10.8. The number of rotatable bonds is 2. The van der Waals surface area contributed by atoms with Crippen molar-refractivity contribution < 1.29 is 9.53 Å². The highest BCUT2D eigenvalue weighted by molar-refractivity contribution is 6.50. The number of benzene rings is 1. The average molecular weight is 336 g/mol. The van der Waals surface area contributed by atoms with Crippen molar-refractivity contribution in [2.75, 3.05) is 12.4 Å². The van der Waals surface area contributed by atoms with Crippen molar-refractivity contribution in [3.63, 3.8) is 0 Å². The molecule has 0 aliphatic carbocycles. The summed E-state index contributed by atoms with van der Waals surface area (Å²) in [5.41, 5.74) is -0.573. The minimum atomic E-state index is -0.763. The van der Waals surface area contributed by atoms with Gasteiger partial charge >= 0.3 is 5.97 Å². The number of hydrogen-bond donors (Lipinski definition) is 1. The molecule has 0 atom stereocenters. The van der Waals surface area contributed by atoms with Crippen LogP contribution in [0.2, 0.25) is 15.1 Å². The molecule has 5 nitrogen and oxygen atoms in total. The number of aromatic nitrogens is 1. The van der Waals surface area contributed by atoms with Crippen LogP contribution in [0.25, 0.3) is 10.9 Å². The van der Waals surface area contributed by atoms with Crippen LogP contribution in [-0.4, -0.2) is 17.3 Å². The lowest BCUT2D eigenvalue weighted by Gasteiger charge is -2.11. The van der Waals surface area contributed by atoms with Crippen LogP contribution in [0.3, 0.4) is 0 Å². The van der Waals surface area contributed by atoms with Gasteiger partial charge in [-0.05, 0) is 13.0 Å². The van der Waals surface area contributed by atoms with Crippen molar-refractivity contribution in [3.05, 3.63) is 43.1 Å². The topological polar surface area (TPSA) is 74.3 Å². The van der Waals surface area contributed by atoms with Crippen LogP contribution in [0.1, 0.15) is 17.3 Å². The van der Waals surface area contributed by atoms with E-state index >= 15 is 0 Å². The monoisotopic (exact) mass is 334 g/mol. The first kappa shape index (κ1) is 15.0. The fraction of sp³-hybridized carbons (Fsp3) is 0.167. The molecule has 0 spiro atoms. The molecule has 20 heavy (non-hydrogen) atoms. The molecule has 0 saturated carbocycles. The largest absolute Gasteiger partial charge is 0.462 e. The summed E-state index contributed by atoms with van der Waals surface area (Å²) in [4.78, 5) is 24.0. The van der Waals surface area contributed by atoms with Crippen molar-refractivity contribution in [1.82, 2.24) is 4.68 Å². The van der Waals surface area contributed by atoms with Gasteiger partial charge in [-0.25, -0.2) is 4.79 Å². The van der Waals surface area contributed by atoms with Crippen LogP contribution in [0.4, 0.5) is 0 Å². The second-order valence-corrected chi connectivity index (χ2v) is 5.05. The molecule has 0 unspecified atom stereocenters. The third-order valence-electron chi connectivity index (χ3n) is 2.65. The van der Waals surface area contributed by atoms with Gasteiger partial charge in [-0.1, -0.05) is 34.8 Å². The van der Waals surface area contributed by atoms with Crippen LogP contribution in [-0.2, 0) is 4.74 Å². The molecule has 0 bridgehead atoms. The highest BCUT2D eigenvalue weighted by Crippen LogP contribution is 2.35. The molecule has 2 aromatic rings. The Morgan fingerprint density at radius 1 is 1.35 bits per heavy atom. The van der Waals surface area contributed by atoms with Crippen LogP contribution in [0.5, 0.6) is 0 Å². The van der Waals surface area contributed by atoms with E-state index < -0.39 is 11.4 Å². The summed E-state index contributed by atoms with van der Waals surface area (Å²) in [5.74, 6) is 5.00. The number of nitrogen functional groups attached to an aromatic ring is 1. The predicted octanol–water partition coefficient (Wildman–Crippen LogP) is 2.85. The van der Waals surface area contributed by atoms with E-state index in [1.165, 1.54) is 6.07 Å². The SMILES string of the molecule is CCOC(=O)c1cn(N)c2c(Cl)c(Cl)c(Cl)cc2c1=O. The highest BCUT2D eigenvalue weighted by Gasteiger charge is 2.20. The fourth-order valence-electron chi connectivity index (χ4n) is 1.77. The van der Waals surface area contributed by atoms with Gasteiger partial charge in [-0.15, -0.1) is 0 Å². The summed E-state index contributed by atoms with van der Waals surface area (Å²) < 4.78 is 5.85. The Labute approximate surface area is 128 Å². The molecule has 2 N–H and O–H groups in total. The number of ether oxygens (including phenoxy) is 1. The number of carbonyl (C=O) groups excluding carboxylic acids is 1. The summed E-state index contributed by atoms with van der Waals surface area (Å²) in [7, 11) is 0. The average Bonchev–Trinajstić information content (AvgIpc) is 2.40. The zero-order chi connectivity index (χ0) is 15.0. The Kier molecular flexibility index (Phi) is 4.13. The molecule has 0 aliphatic rings. The van der Waals surface area contributed by atoms with E-state index in [1.54, 1.807) is 6.92 Å². The Balaban J connectivity index is 2.87. The van der Waals surface area contributed by atoms with Gasteiger partial charge in [0.25, 0.3) is 0 Å². The van der Waals surface area contributed by atoms with E-state index in [4.69, 9.17) is 45.4 Å². The molecule has 8 heteroatoms. The Bertz CT molecular complexity index is 771. The number of pyridine rings is 1. The molecule has 1 aromatic heterocycles. The maximum Gasteiger partial charge on any atom is 0.343 e. The van der Waals surface area contributed by atoms with Gasteiger partial charge in [0, 0.05) is 6.20 Å². The number of fused-ring (bicyclic) bond motifs is 1. The van der Waals surface area contributed by atoms with Crippen LogP contribution in [0.15, 0.2) is 17.1 Å². The van der Waals surface area contributed by atoms with Gasteiger partial charge in [-0.2, -0.15) is 0 Å². The first-order valence-electron chi connectivity index (χ1n) is 5.53. The molecule has 0 radical (unpaired) electrons. The Hall–Kier alpha value is -1.43. The van der Waals surface area contributed by atoms with Crippen molar-refractivity contribution in [2.24, 2.45) is 0 Å². The minimum absolute atomic E-state index is 0.0455. The quantitative estimate of drug-likeness (QED) is 0.520. The molecule has 0 amide bonds. The maximum atomic E-state index is 12.3. The van der Waals surface area contributed by atoms with Gasteiger partial charge in [-0.3, -0.25) is 9.47 Å². The smallest absolute Gasteiger partial charge is 0.343 e. The number of nitrogens with two attached hydrogens (primary N) is 1. The van der Waals surface area contributed by atoms with E-state index in [0.717, 1.165) is 10.9 Å². The van der Waals surface area contributed by atoms with Gasteiger partial charge in [0.1, 0.15) is 5.56 Å². The van der Waals surface area contributed by atoms with Crippen molar-refractivity contribution >= 4 is 51.7 Å². The van der Waals surface area contributed by atoms with Gasteiger partial charge < -0.3 is 10.6 Å². The Morgan fingerprint density at radius 3 is 2.60 bits per heavy atom. The molecular weight excluding hydrogens is 327 g/mol. The van der Waals surface area contributed by atoms with Crippen LogP contribution >= 0.6 is 34.8 Å².